The zero-order valence-corrected chi connectivity index (χ0v) is 10.7. The number of thioether (sulfide) groups is 1. The Balaban J connectivity index is 2.51. The van der Waals surface area contributed by atoms with Crippen LogP contribution in [0.1, 0.15) is 20.3 Å². The molecule has 0 aromatic heterocycles. The van der Waals surface area contributed by atoms with Gasteiger partial charge in [0.15, 0.2) is 5.54 Å². The van der Waals surface area contributed by atoms with Crippen LogP contribution in [0.25, 0.3) is 0 Å². The molecule has 0 bridgehead atoms. The van der Waals surface area contributed by atoms with Crippen molar-refractivity contribution in [2.75, 3.05) is 0 Å². The van der Waals surface area contributed by atoms with Crippen molar-refractivity contribution in [1.82, 2.24) is 4.90 Å². The molecule has 0 saturated carbocycles. The van der Waals surface area contributed by atoms with Crippen molar-refractivity contribution in [3.63, 3.8) is 0 Å². The van der Waals surface area contributed by atoms with Crippen molar-refractivity contribution in [3.8, 4) is 0 Å². The van der Waals surface area contributed by atoms with Crippen molar-refractivity contribution in [3.05, 3.63) is 12.7 Å². The van der Waals surface area contributed by atoms with E-state index in [9.17, 15) is 14.7 Å². The lowest BCUT2D eigenvalue weighted by atomic mass is 9.78. The quantitative estimate of drug-likeness (QED) is 0.564. The summed E-state index contributed by atoms with van der Waals surface area (Å²) < 4.78 is -0.582. The van der Waals surface area contributed by atoms with Crippen molar-refractivity contribution in [2.24, 2.45) is 5.73 Å². The number of carbonyl (C=O) groups is 2. The maximum absolute atomic E-state index is 11.8. The van der Waals surface area contributed by atoms with E-state index in [2.05, 4.69) is 6.58 Å². The molecule has 5 nitrogen and oxygen atoms in total. The molecule has 2 saturated heterocycles. The van der Waals surface area contributed by atoms with E-state index in [0.29, 0.717) is 0 Å². The Bertz CT molecular complexity index is 410. The molecule has 0 aromatic carbocycles. The van der Waals surface area contributed by atoms with E-state index in [1.807, 2.05) is 13.8 Å². The van der Waals surface area contributed by atoms with Crippen molar-refractivity contribution < 1.29 is 14.7 Å². The number of carboxylic acid groups (broad SMARTS) is 1. The van der Waals surface area contributed by atoms with Crippen molar-refractivity contribution in [1.29, 1.82) is 0 Å². The van der Waals surface area contributed by atoms with Gasteiger partial charge in [-0.2, -0.15) is 0 Å². The Morgan fingerprint density at radius 3 is 2.76 bits per heavy atom. The lowest BCUT2D eigenvalue weighted by Gasteiger charge is -2.48. The number of nitrogens with zero attached hydrogens (tertiary/aromatic N) is 1. The van der Waals surface area contributed by atoms with Gasteiger partial charge in [0.1, 0.15) is 11.4 Å². The highest BCUT2D eigenvalue weighted by Gasteiger charge is 2.71. The number of β-lactam (4-membered cyclic amide) rings is 1. The van der Waals surface area contributed by atoms with Crippen LogP contribution in [0.3, 0.4) is 0 Å². The molecular formula is C11H16N2O3S. The largest absolute Gasteiger partial charge is 0.479 e. The van der Waals surface area contributed by atoms with Gasteiger partial charge in [-0.05, 0) is 13.8 Å². The predicted octanol–water partition coefficient (Wildman–Crippen LogP) is 0.407. The van der Waals surface area contributed by atoms with Gasteiger partial charge in [0.25, 0.3) is 0 Å². The van der Waals surface area contributed by atoms with Crippen LogP contribution in [0, 0.1) is 0 Å². The standard InChI is InChI=1S/C11H16N2O3S/c1-4-5-11(9(15)16)10(2,3)17-8-6(12)7(14)13(8)11/h4,6,8H,1,5,12H2,2-3H3,(H,15,16)/t6?,8-,11+/m1/s1. The molecule has 2 heterocycles. The summed E-state index contributed by atoms with van der Waals surface area (Å²) in [7, 11) is 0. The number of amides is 1. The first-order chi connectivity index (χ1) is 7.79. The second kappa shape index (κ2) is 3.49. The molecule has 94 valence electrons. The molecule has 0 aliphatic carbocycles. The van der Waals surface area contributed by atoms with Crippen LogP contribution in [0.4, 0.5) is 0 Å². The smallest absolute Gasteiger partial charge is 0.331 e. The molecule has 0 radical (unpaired) electrons. The van der Waals surface area contributed by atoms with Gasteiger partial charge in [0.2, 0.25) is 5.91 Å². The number of hydrogen-bond acceptors (Lipinski definition) is 4. The number of hydrogen-bond donors (Lipinski definition) is 2. The van der Waals surface area contributed by atoms with E-state index in [1.165, 1.54) is 16.7 Å². The van der Waals surface area contributed by atoms with Crippen LogP contribution < -0.4 is 5.73 Å². The van der Waals surface area contributed by atoms with Gasteiger partial charge in [-0.1, -0.05) is 6.08 Å². The molecule has 2 fully saturated rings. The molecule has 0 spiro atoms. The summed E-state index contributed by atoms with van der Waals surface area (Å²) >= 11 is 1.46. The molecule has 2 rings (SSSR count). The van der Waals surface area contributed by atoms with Crippen LogP contribution in [-0.2, 0) is 9.59 Å². The average molecular weight is 256 g/mol. The highest BCUT2D eigenvalue weighted by molar-refractivity contribution is 8.01. The van der Waals surface area contributed by atoms with Crippen LogP contribution in [0.2, 0.25) is 0 Å². The fourth-order valence-electron chi connectivity index (χ4n) is 2.71. The van der Waals surface area contributed by atoms with E-state index < -0.39 is 22.3 Å². The third-order valence-corrected chi connectivity index (χ3v) is 5.37. The van der Waals surface area contributed by atoms with Crippen LogP contribution >= 0.6 is 11.8 Å². The minimum Gasteiger partial charge on any atom is -0.479 e. The minimum atomic E-state index is -1.23. The van der Waals surface area contributed by atoms with E-state index in [0.717, 1.165) is 0 Å². The monoisotopic (exact) mass is 256 g/mol. The van der Waals surface area contributed by atoms with Crippen molar-refractivity contribution in [2.45, 2.75) is 42.0 Å². The highest BCUT2D eigenvalue weighted by Crippen LogP contribution is 2.57. The SMILES string of the molecule is C=CC[C@@]1(C(=O)O)N2C(=O)C(N)[C@H]2SC1(C)C. The van der Waals surface area contributed by atoms with Gasteiger partial charge >= 0.3 is 5.97 Å². The zero-order chi connectivity index (χ0) is 13.0. The Morgan fingerprint density at radius 2 is 2.29 bits per heavy atom. The Kier molecular flexibility index (Phi) is 2.56. The molecule has 3 N–H and O–H groups in total. The molecule has 17 heavy (non-hydrogen) atoms. The lowest BCUT2D eigenvalue weighted by molar-refractivity contribution is -0.169. The summed E-state index contributed by atoms with van der Waals surface area (Å²) in [4.78, 5) is 24.9. The molecule has 6 heteroatoms. The molecule has 1 amide bonds. The molecular weight excluding hydrogens is 240 g/mol. The van der Waals surface area contributed by atoms with Gasteiger partial charge in [-0.3, -0.25) is 4.79 Å². The number of fused-ring (bicyclic) bond motifs is 1. The Hall–Kier alpha value is -1.01. The first-order valence-corrected chi connectivity index (χ1v) is 6.28. The third kappa shape index (κ3) is 1.25. The van der Waals surface area contributed by atoms with Crippen LogP contribution in [-0.4, -0.2) is 43.6 Å². The second-order valence-corrected chi connectivity index (χ2v) is 6.65. The van der Waals surface area contributed by atoms with Gasteiger partial charge in [0, 0.05) is 11.2 Å². The summed E-state index contributed by atoms with van der Waals surface area (Å²) in [6, 6.07) is -0.578. The van der Waals surface area contributed by atoms with E-state index in [-0.39, 0.29) is 17.7 Å². The molecule has 0 aromatic rings. The fourth-order valence-corrected chi connectivity index (χ4v) is 4.43. The lowest BCUT2D eigenvalue weighted by Crippen LogP contribution is -2.74. The molecule has 2 aliphatic heterocycles. The number of aliphatic carboxylic acids is 1. The molecule has 3 atom stereocenters. The summed E-state index contributed by atoms with van der Waals surface area (Å²) in [6.45, 7) is 7.28. The summed E-state index contributed by atoms with van der Waals surface area (Å²) in [6.07, 6.45) is 1.78. The summed E-state index contributed by atoms with van der Waals surface area (Å²) in [5.74, 6) is -1.27. The Morgan fingerprint density at radius 1 is 1.71 bits per heavy atom. The van der Waals surface area contributed by atoms with Crippen LogP contribution in [0.15, 0.2) is 12.7 Å². The zero-order valence-electron chi connectivity index (χ0n) is 9.84. The first-order valence-electron chi connectivity index (χ1n) is 5.40. The van der Waals surface area contributed by atoms with Crippen LogP contribution in [0.5, 0.6) is 0 Å². The van der Waals surface area contributed by atoms with E-state index in [4.69, 9.17) is 5.73 Å². The molecule has 1 unspecified atom stereocenters. The average Bonchev–Trinajstić information content (AvgIpc) is 2.46. The van der Waals surface area contributed by atoms with Gasteiger partial charge in [-0.15, -0.1) is 18.3 Å². The summed E-state index contributed by atoms with van der Waals surface area (Å²) in [5.41, 5.74) is 4.49. The molecule has 2 aliphatic rings. The first kappa shape index (κ1) is 12.4. The maximum atomic E-state index is 11.8. The number of carboxylic acids is 1. The number of nitrogens with two attached hydrogens (primary N) is 1. The summed E-state index contributed by atoms with van der Waals surface area (Å²) in [5, 5.41) is 9.33. The Labute approximate surface area is 104 Å². The van der Waals surface area contributed by atoms with E-state index >= 15 is 0 Å². The van der Waals surface area contributed by atoms with Gasteiger partial charge < -0.3 is 15.7 Å². The van der Waals surface area contributed by atoms with E-state index in [1.54, 1.807) is 6.08 Å². The second-order valence-electron chi connectivity index (χ2n) is 4.91. The predicted molar refractivity (Wildman–Crippen MR) is 65.5 cm³/mol. The third-order valence-electron chi connectivity index (χ3n) is 3.70. The highest BCUT2D eigenvalue weighted by atomic mass is 32.2. The van der Waals surface area contributed by atoms with Crippen molar-refractivity contribution >= 4 is 23.6 Å². The minimum absolute atomic E-state index is 0.228. The number of carbonyl (C=O) groups excluding carboxylic acids is 1. The maximum Gasteiger partial charge on any atom is 0.331 e. The topological polar surface area (TPSA) is 83.6 Å². The van der Waals surface area contributed by atoms with Gasteiger partial charge in [-0.25, -0.2) is 4.79 Å². The normalized spacial score (nSPS) is 38.5. The fraction of sp³-hybridized carbons (Fsp3) is 0.636. The van der Waals surface area contributed by atoms with Gasteiger partial charge in [0.05, 0.1) is 0 Å². The number of rotatable bonds is 3.